The van der Waals surface area contributed by atoms with Crippen LogP contribution in [0.2, 0.25) is 10.0 Å². The van der Waals surface area contributed by atoms with E-state index in [1.807, 2.05) is 32.4 Å². The van der Waals surface area contributed by atoms with Gasteiger partial charge in [0.1, 0.15) is 5.02 Å². The zero-order chi connectivity index (χ0) is 19.1. The predicted octanol–water partition coefficient (Wildman–Crippen LogP) is 3.92. The number of hydrogen-bond acceptors (Lipinski definition) is 4. The molecule has 3 aromatic rings. The van der Waals surface area contributed by atoms with Crippen molar-refractivity contribution >= 4 is 28.9 Å². The van der Waals surface area contributed by atoms with E-state index in [0.29, 0.717) is 16.4 Å². The van der Waals surface area contributed by atoms with Gasteiger partial charge in [-0.3, -0.25) is 9.48 Å². The molecule has 2 aromatic heterocycles. The van der Waals surface area contributed by atoms with Crippen LogP contribution in [-0.4, -0.2) is 26.1 Å². The highest BCUT2D eigenvalue weighted by Crippen LogP contribution is 2.37. The standard InChI is InChI=1S/C19H19Cl2N5O/c1-12-5-6-14(8-15(12)20)26-19(27)18(21)17(10-23-26)25-7-3-4-16(25)13-9-22-24(2)11-13/h5-6,8-11,16H,3-4,7H2,1-2H3. The molecule has 0 radical (unpaired) electrons. The van der Waals surface area contributed by atoms with Crippen molar-refractivity contribution in [3.63, 3.8) is 0 Å². The average Bonchev–Trinajstić information content (AvgIpc) is 3.28. The van der Waals surface area contributed by atoms with Crippen LogP contribution in [0.3, 0.4) is 0 Å². The van der Waals surface area contributed by atoms with Crippen molar-refractivity contribution < 1.29 is 0 Å². The van der Waals surface area contributed by atoms with Crippen LogP contribution in [0.4, 0.5) is 5.69 Å². The van der Waals surface area contributed by atoms with Gasteiger partial charge in [0.25, 0.3) is 5.56 Å². The second-order valence-electron chi connectivity index (χ2n) is 6.79. The van der Waals surface area contributed by atoms with E-state index in [1.165, 1.54) is 4.68 Å². The van der Waals surface area contributed by atoms with Crippen molar-refractivity contribution in [2.24, 2.45) is 7.05 Å². The lowest BCUT2D eigenvalue weighted by molar-refractivity contribution is 0.707. The van der Waals surface area contributed by atoms with Crippen LogP contribution >= 0.6 is 23.2 Å². The third-order valence-electron chi connectivity index (χ3n) is 4.97. The minimum atomic E-state index is -0.356. The molecule has 0 aliphatic carbocycles. The van der Waals surface area contributed by atoms with Gasteiger partial charge in [0.15, 0.2) is 0 Å². The third-order valence-corrected chi connectivity index (χ3v) is 5.73. The highest BCUT2D eigenvalue weighted by Gasteiger charge is 2.30. The lowest BCUT2D eigenvalue weighted by Crippen LogP contribution is -2.28. The second kappa shape index (κ2) is 7.02. The van der Waals surface area contributed by atoms with E-state index in [-0.39, 0.29) is 16.6 Å². The molecule has 140 valence electrons. The summed E-state index contributed by atoms with van der Waals surface area (Å²) in [4.78, 5) is 15.0. The molecule has 1 saturated heterocycles. The predicted molar refractivity (Wildman–Crippen MR) is 107 cm³/mol. The number of rotatable bonds is 3. The van der Waals surface area contributed by atoms with Crippen LogP contribution in [-0.2, 0) is 7.05 Å². The van der Waals surface area contributed by atoms with Gasteiger partial charge in [0.05, 0.1) is 29.8 Å². The number of aromatic nitrogens is 4. The van der Waals surface area contributed by atoms with Crippen LogP contribution in [0.15, 0.2) is 41.6 Å². The summed E-state index contributed by atoms with van der Waals surface area (Å²) in [7, 11) is 1.89. The maximum atomic E-state index is 12.9. The van der Waals surface area contributed by atoms with Crippen molar-refractivity contribution in [3.8, 4) is 5.69 Å². The Hall–Kier alpha value is -2.31. The molecular weight excluding hydrogens is 385 g/mol. The van der Waals surface area contributed by atoms with Gasteiger partial charge >= 0.3 is 0 Å². The van der Waals surface area contributed by atoms with E-state index in [2.05, 4.69) is 15.1 Å². The molecule has 0 saturated carbocycles. The molecule has 4 rings (SSSR count). The van der Waals surface area contributed by atoms with E-state index in [0.717, 1.165) is 30.5 Å². The zero-order valence-electron chi connectivity index (χ0n) is 15.1. The van der Waals surface area contributed by atoms with E-state index in [9.17, 15) is 4.79 Å². The first-order chi connectivity index (χ1) is 13.0. The van der Waals surface area contributed by atoms with E-state index in [4.69, 9.17) is 23.2 Å². The smallest absolute Gasteiger partial charge is 0.292 e. The number of nitrogens with zero attached hydrogens (tertiary/aromatic N) is 5. The highest BCUT2D eigenvalue weighted by atomic mass is 35.5. The van der Waals surface area contributed by atoms with E-state index >= 15 is 0 Å². The Kier molecular flexibility index (Phi) is 4.70. The van der Waals surface area contributed by atoms with Gasteiger partial charge in [-0.15, -0.1) is 0 Å². The molecular formula is C19H19Cl2N5O. The quantitative estimate of drug-likeness (QED) is 0.664. The van der Waals surface area contributed by atoms with Crippen LogP contribution in [0.5, 0.6) is 0 Å². The van der Waals surface area contributed by atoms with E-state index < -0.39 is 0 Å². The lowest BCUT2D eigenvalue weighted by Gasteiger charge is -2.26. The summed E-state index contributed by atoms with van der Waals surface area (Å²) in [5.74, 6) is 0. The zero-order valence-corrected chi connectivity index (χ0v) is 16.6. The largest absolute Gasteiger partial charge is 0.362 e. The van der Waals surface area contributed by atoms with Crippen molar-refractivity contribution in [1.29, 1.82) is 0 Å². The molecule has 3 heterocycles. The fourth-order valence-corrected chi connectivity index (χ4v) is 3.95. The van der Waals surface area contributed by atoms with E-state index in [1.54, 1.807) is 23.0 Å². The Bertz CT molecular complexity index is 1060. The van der Waals surface area contributed by atoms with Crippen molar-refractivity contribution in [1.82, 2.24) is 19.6 Å². The highest BCUT2D eigenvalue weighted by molar-refractivity contribution is 6.33. The average molecular weight is 404 g/mol. The summed E-state index contributed by atoms with van der Waals surface area (Å²) in [6.07, 6.45) is 7.52. The molecule has 1 atom stereocenters. The molecule has 6 nitrogen and oxygen atoms in total. The molecule has 1 aliphatic heterocycles. The van der Waals surface area contributed by atoms with Gasteiger partial charge in [-0.1, -0.05) is 29.3 Å². The molecule has 1 fully saturated rings. The van der Waals surface area contributed by atoms with Crippen molar-refractivity contribution in [3.05, 3.63) is 68.3 Å². The van der Waals surface area contributed by atoms with Crippen LogP contribution in [0.1, 0.15) is 30.0 Å². The molecule has 8 heteroatoms. The monoisotopic (exact) mass is 403 g/mol. The second-order valence-corrected chi connectivity index (χ2v) is 7.58. The first-order valence-electron chi connectivity index (χ1n) is 8.75. The minimum absolute atomic E-state index is 0.141. The fourth-order valence-electron chi connectivity index (χ4n) is 3.54. The number of halogens is 2. The first-order valence-corrected chi connectivity index (χ1v) is 9.51. The topological polar surface area (TPSA) is 56.0 Å². The Labute approximate surface area is 166 Å². The molecule has 0 spiro atoms. The summed E-state index contributed by atoms with van der Waals surface area (Å²) in [5, 5.41) is 9.36. The van der Waals surface area contributed by atoms with Gasteiger partial charge in [-0.25, -0.2) is 0 Å². The maximum Gasteiger partial charge on any atom is 0.292 e. The van der Waals surface area contributed by atoms with Crippen molar-refractivity contribution in [2.75, 3.05) is 11.4 Å². The van der Waals surface area contributed by atoms with Gasteiger partial charge in [0, 0.05) is 30.4 Å². The van der Waals surface area contributed by atoms with Gasteiger partial charge < -0.3 is 4.90 Å². The Morgan fingerprint density at radius 3 is 2.70 bits per heavy atom. The summed E-state index contributed by atoms with van der Waals surface area (Å²) in [6.45, 7) is 2.73. The molecule has 1 aromatic carbocycles. The van der Waals surface area contributed by atoms with Crippen LogP contribution in [0, 0.1) is 6.92 Å². The van der Waals surface area contributed by atoms with Crippen LogP contribution in [0.25, 0.3) is 5.69 Å². The SMILES string of the molecule is Cc1ccc(-n2ncc(N3CCCC3c3cnn(C)c3)c(Cl)c2=O)cc1Cl. The molecule has 1 unspecified atom stereocenters. The summed E-state index contributed by atoms with van der Waals surface area (Å²) < 4.78 is 3.07. The van der Waals surface area contributed by atoms with Gasteiger partial charge in [-0.05, 0) is 37.5 Å². The Morgan fingerprint density at radius 2 is 2.00 bits per heavy atom. The fraction of sp³-hybridized carbons (Fsp3) is 0.316. The Morgan fingerprint density at radius 1 is 1.19 bits per heavy atom. The molecule has 0 bridgehead atoms. The number of hydrogen-bond donors (Lipinski definition) is 0. The third kappa shape index (κ3) is 3.24. The molecule has 27 heavy (non-hydrogen) atoms. The number of benzene rings is 1. The first kappa shape index (κ1) is 18.1. The molecule has 0 N–H and O–H groups in total. The van der Waals surface area contributed by atoms with Gasteiger partial charge in [0.2, 0.25) is 0 Å². The minimum Gasteiger partial charge on any atom is -0.362 e. The number of anilines is 1. The Balaban J connectivity index is 1.73. The van der Waals surface area contributed by atoms with Crippen LogP contribution < -0.4 is 10.5 Å². The summed E-state index contributed by atoms with van der Waals surface area (Å²) in [6, 6.07) is 5.52. The summed E-state index contributed by atoms with van der Waals surface area (Å²) >= 11 is 12.7. The molecule has 1 aliphatic rings. The van der Waals surface area contributed by atoms with Gasteiger partial charge in [-0.2, -0.15) is 14.9 Å². The van der Waals surface area contributed by atoms with Crippen molar-refractivity contribution in [2.45, 2.75) is 25.8 Å². The number of aryl methyl sites for hydroxylation is 2. The molecule has 0 amide bonds. The normalized spacial score (nSPS) is 16.9. The maximum absolute atomic E-state index is 12.9. The lowest BCUT2D eigenvalue weighted by atomic mass is 10.1. The summed E-state index contributed by atoms with van der Waals surface area (Å²) in [5.41, 5.74) is 2.94.